The molecule has 0 spiro atoms. The van der Waals surface area contributed by atoms with Crippen molar-refractivity contribution in [1.82, 2.24) is 0 Å². The summed E-state index contributed by atoms with van der Waals surface area (Å²) in [6.45, 7) is 1.80. The molecule has 0 radical (unpaired) electrons. The summed E-state index contributed by atoms with van der Waals surface area (Å²) in [5.41, 5.74) is 0.801. The van der Waals surface area contributed by atoms with E-state index in [2.05, 4.69) is 5.92 Å². The topological polar surface area (TPSA) is 20.2 Å². The van der Waals surface area contributed by atoms with Gasteiger partial charge in [0.2, 0.25) is 0 Å². The Labute approximate surface area is 83.4 Å². The molecule has 0 aliphatic carbocycles. The molecule has 0 saturated carbocycles. The zero-order valence-electron chi connectivity index (χ0n) is 7.37. The summed E-state index contributed by atoms with van der Waals surface area (Å²) in [5, 5.41) is 10.4. The SMILES string of the molecule is C#C[C@@H](C)[C@@H](O)c1ccc(Cl)cc1. The molecule has 1 N–H and O–H groups in total. The molecule has 2 heteroatoms. The third kappa shape index (κ3) is 2.48. The highest BCUT2D eigenvalue weighted by molar-refractivity contribution is 6.30. The van der Waals surface area contributed by atoms with E-state index >= 15 is 0 Å². The van der Waals surface area contributed by atoms with Gasteiger partial charge in [0.1, 0.15) is 0 Å². The number of hydrogen-bond acceptors (Lipinski definition) is 1. The monoisotopic (exact) mass is 194 g/mol. The van der Waals surface area contributed by atoms with Crippen LogP contribution in [0.5, 0.6) is 0 Å². The van der Waals surface area contributed by atoms with Gasteiger partial charge in [0.25, 0.3) is 0 Å². The molecule has 1 rings (SSSR count). The summed E-state index contributed by atoms with van der Waals surface area (Å²) in [4.78, 5) is 0. The first-order chi connectivity index (χ1) is 6.15. The lowest BCUT2D eigenvalue weighted by Gasteiger charge is -2.13. The maximum atomic E-state index is 9.69. The van der Waals surface area contributed by atoms with Gasteiger partial charge in [0, 0.05) is 10.9 Å². The van der Waals surface area contributed by atoms with Crippen molar-refractivity contribution < 1.29 is 5.11 Å². The number of halogens is 1. The predicted octanol–water partition coefficient (Wildman–Crippen LogP) is 2.64. The Balaban J connectivity index is 2.84. The van der Waals surface area contributed by atoms with Crippen molar-refractivity contribution in [2.24, 2.45) is 5.92 Å². The first kappa shape index (κ1) is 10.1. The van der Waals surface area contributed by atoms with Crippen LogP contribution in [0.15, 0.2) is 24.3 Å². The van der Waals surface area contributed by atoms with E-state index in [0.717, 1.165) is 5.56 Å². The van der Waals surface area contributed by atoms with Gasteiger partial charge in [0.15, 0.2) is 0 Å². The number of aliphatic hydroxyl groups is 1. The summed E-state index contributed by atoms with van der Waals surface area (Å²) in [6.07, 6.45) is 4.60. The minimum atomic E-state index is -0.609. The summed E-state index contributed by atoms with van der Waals surface area (Å²) in [6, 6.07) is 7.04. The predicted molar refractivity (Wildman–Crippen MR) is 54.4 cm³/mol. The maximum Gasteiger partial charge on any atom is 0.0924 e. The van der Waals surface area contributed by atoms with Gasteiger partial charge in [-0.3, -0.25) is 0 Å². The molecule has 0 unspecified atom stereocenters. The molecular formula is C11H11ClO. The van der Waals surface area contributed by atoms with E-state index in [1.807, 2.05) is 0 Å². The van der Waals surface area contributed by atoms with Gasteiger partial charge in [0.05, 0.1) is 6.10 Å². The van der Waals surface area contributed by atoms with Gasteiger partial charge in [-0.05, 0) is 24.6 Å². The lowest BCUT2D eigenvalue weighted by Crippen LogP contribution is -2.06. The van der Waals surface area contributed by atoms with Crippen LogP contribution in [0.2, 0.25) is 5.02 Å². The van der Waals surface area contributed by atoms with Gasteiger partial charge < -0.3 is 5.11 Å². The van der Waals surface area contributed by atoms with Crippen molar-refractivity contribution in [2.45, 2.75) is 13.0 Å². The summed E-state index contributed by atoms with van der Waals surface area (Å²) in [5.74, 6) is 2.32. The van der Waals surface area contributed by atoms with Gasteiger partial charge in [-0.1, -0.05) is 23.7 Å². The zero-order chi connectivity index (χ0) is 9.84. The largest absolute Gasteiger partial charge is 0.387 e. The molecule has 0 aromatic heterocycles. The van der Waals surface area contributed by atoms with Crippen LogP contribution in [0.25, 0.3) is 0 Å². The molecule has 0 heterocycles. The third-order valence-electron chi connectivity index (χ3n) is 1.95. The Bertz CT molecular complexity index is 310. The molecule has 1 nitrogen and oxygen atoms in total. The smallest absolute Gasteiger partial charge is 0.0924 e. The Kier molecular flexibility index (Phi) is 3.36. The van der Waals surface area contributed by atoms with Crippen molar-refractivity contribution in [3.05, 3.63) is 34.9 Å². The van der Waals surface area contributed by atoms with Crippen LogP contribution in [0.4, 0.5) is 0 Å². The Morgan fingerprint density at radius 3 is 2.38 bits per heavy atom. The quantitative estimate of drug-likeness (QED) is 0.718. The molecule has 1 aromatic carbocycles. The summed E-state index contributed by atoms with van der Waals surface area (Å²) in [7, 11) is 0. The Hall–Kier alpha value is -0.970. The highest BCUT2D eigenvalue weighted by Gasteiger charge is 2.13. The second kappa shape index (κ2) is 4.32. The van der Waals surface area contributed by atoms with E-state index in [0.29, 0.717) is 5.02 Å². The fourth-order valence-electron chi connectivity index (χ4n) is 1.04. The van der Waals surface area contributed by atoms with Gasteiger partial charge in [-0.15, -0.1) is 12.3 Å². The molecule has 13 heavy (non-hydrogen) atoms. The number of rotatable bonds is 2. The minimum absolute atomic E-state index is 0.179. The average Bonchev–Trinajstić information content (AvgIpc) is 2.17. The number of benzene rings is 1. The van der Waals surface area contributed by atoms with Crippen LogP contribution in [-0.4, -0.2) is 5.11 Å². The van der Waals surface area contributed by atoms with Crippen LogP contribution in [-0.2, 0) is 0 Å². The lowest BCUT2D eigenvalue weighted by atomic mass is 9.98. The fraction of sp³-hybridized carbons (Fsp3) is 0.273. The molecule has 0 aliphatic heterocycles. The van der Waals surface area contributed by atoms with Crippen LogP contribution in [0.1, 0.15) is 18.6 Å². The first-order valence-electron chi connectivity index (χ1n) is 4.05. The number of aliphatic hydroxyl groups excluding tert-OH is 1. The van der Waals surface area contributed by atoms with Crippen LogP contribution in [0, 0.1) is 18.3 Å². The molecule has 2 atom stereocenters. The first-order valence-corrected chi connectivity index (χ1v) is 4.42. The molecule has 0 bridgehead atoms. The third-order valence-corrected chi connectivity index (χ3v) is 2.20. The van der Waals surface area contributed by atoms with E-state index in [1.54, 1.807) is 31.2 Å². The molecule has 0 aliphatic rings. The van der Waals surface area contributed by atoms with Crippen molar-refractivity contribution in [3.8, 4) is 12.3 Å². The van der Waals surface area contributed by atoms with E-state index < -0.39 is 6.10 Å². The summed E-state index contributed by atoms with van der Waals surface area (Å²) >= 11 is 5.71. The zero-order valence-corrected chi connectivity index (χ0v) is 8.12. The second-order valence-corrected chi connectivity index (χ2v) is 3.39. The highest BCUT2D eigenvalue weighted by atomic mass is 35.5. The lowest BCUT2D eigenvalue weighted by molar-refractivity contribution is 0.144. The van der Waals surface area contributed by atoms with Crippen molar-refractivity contribution in [3.63, 3.8) is 0 Å². The fourth-order valence-corrected chi connectivity index (χ4v) is 1.17. The Morgan fingerprint density at radius 2 is 1.92 bits per heavy atom. The van der Waals surface area contributed by atoms with E-state index in [4.69, 9.17) is 18.0 Å². The minimum Gasteiger partial charge on any atom is -0.387 e. The standard InChI is InChI=1S/C11H11ClO/c1-3-8(2)11(13)9-4-6-10(12)7-5-9/h1,4-8,11,13H,2H3/t8-,11-/m1/s1. The second-order valence-electron chi connectivity index (χ2n) is 2.95. The summed E-state index contributed by atoms with van der Waals surface area (Å²) < 4.78 is 0. The van der Waals surface area contributed by atoms with Crippen molar-refractivity contribution in [2.75, 3.05) is 0 Å². The molecular weight excluding hydrogens is 184 g/mol. The van der Waals surface area contributed by atoms with E-state index in [1.165, 1.54) is 0 Å². The van der Waals surface area contributed by atoms with Gasteiger partial charge in [-0.25, -0.2) is 0 Å². The number of hydrogen-bond donors (Lipinski definition) is 1. The molecule has 1 aromatic rings. The van der Waals surface area contributed by atoms with Crippen molar-refractivity contribution >= 4 is 11.6 Å². The number of terminal acetylenes is 1. The van der Waals surface area contributed by atoms with Gasteiger partial charge >= 0.3 is 0 Å². The molecule has 0 saturated heterocycles. The van der Waals surface area contributed by atoms with Crippen LogP contribution in [0.3, 0.4) is 0 Å². The highest BCUT2D eigenvalue weighted by Crippen LogP contribution is 2.22. The van der Waals surface area contributed by atoms with Crippen LogP contribution < -0.4 is 0 Å². The van der Waals surface area contributed by atoms with Crippen LogP contribution >= 0.6 is 11.6 Å². The molecule has 0 fully saturated rings. The van der Waals surface area contributed by atoms with E-state index in [9.17, 15) is 5.11 Å². The average molecular weight is 195 g/mol. The molecule has 68 valence electrons. The Morgan fingerprint density at radius 1 is 1.38 bits per heavy atom. The normalized spacial score (nSPS) is 14.6. The van der Waals surface area contributed by atoms with Gasteiger partial charge in [-0.2, -0.15) is 0 Å². The maximum absolute atomic E-state index is 9.69. The van der Waals surface area contributed by atoms with E-state index in [-0.39, 0.29) is 5.92 Å². The van der Waals surface area contributed by atoms with Crippen molar-refractivity contribution in [1.29, 1.82) is 0 Å². The molecule has 0 amide bonds.